The molecule has 1 aliphatic heterocycles. The van der Waals surface area contributed by atoms with Crippen LogP contribution in [0.4, 0.5) is 31.7 Å². The van der Waals surface area contributed by atoms with E-state index in [0.29, 0.717) is 48.8 Å². The fourth-order valence-corrected chi connectivity index (χ4v) is 5.63. The minimum absolute atomic E-state index is 0.0481. The van der Waals surface area contributed by atoms with Crippen molar-refractivity contribution in [1.82, 2.24) is 9.29 Å². The number of amides is 1. The van der Waals surface area contributed by atoms with E-state index in [2.05, 4.69) is 20.5 Å². The van der Waals surface area contributed by atoms with Crippen molar-refractivity contribution in [2.75, 3.05) is 41.7 Å². The lowest BCUT2D eigenvalue weighted by molar-refractivity contribution is -0.117. The number of nitrogens with one attached hydrogen (secondary N) is 2. The molecule has 1 amide bonds. The first kappa shape index (κ1) is 28.2. The van der Waals surface area contributed by atoms with E-state index >= 15 is 0 Å². The van der Waals surface area contributed by atoms with Gasteiger partial charge in [0.05, 0.1) is 11.7 Å². The molecule has 4 rings (SSSR count). The lowest BCUT2D eigenvalue weighted by Crippen LogP contribution is -2.50. The Balaban J connectivity index is 1.43. The number of piperazine rings is 1. The van der Waals surface area contributed by atoms with E-state index in [-0.39, 0.29) is 13.0 Å². The highest BCUT2D eigenvalue weighted by Gasteiger charge is 2.29. The van der Waals surface area contributed by atoms with Crippen LogP contribution in [-0.2, 0) is 27.8 Å². The summed E-state index contributed by atoms with van der Waals surface area (Å²) in [6, 6.07) is 12.7. The number of hydrogen-bond donors (Lipinski definition) is 3. The standard InChI is InChI=1S/C27H32F2N6O3S/c1-18(2)39(37,38)35-9-7-34(8-10-35)24-5-3-23(4-6-24)33-27-15-25(20(17-32-27)13-26(30)36)31-16-19-11-21(28)14-22(29)12-19/h3-6,11-12,14-15,17-18H,7-10,13,16H2,1-2H3,(H2,30,36)(H2,31,32,33). The summed E-state index contributed by atoms with van der Waals surface area (Å²) in [6.45, 7) is 5.61. The predicted octanol–water partition coefficient (Wildman–Crippen LogP) is 3.60. The number of benzene rings is 2. The molecule has 0 radical (unpaired) electrons. The molecule has 2 aromatic carbocycles. The van der Waals surface area contributed by atoms with E-state index in [0.717, 1.165) is 17.4 Å². The summed E-state index contributed by atoms with van der Waals surface area (Å²) in [5.41, 5.74) is 8.64. The van der Waals surface area contributed by atoms with E-state index in [4.69, 9.17) is 5.73 Å². The van der Waals surface area contributed by atoms with Gasteiger partial charge in [0.2, 0.25) is 15.9 Å². The van der Waals surface area contributed by atoms with Gasteiger partial charge in [-0.3, -0.25) is 4.79 Å². The molecule has 12 heteroatoms. The second kappa shape index (κ2) is 12.0. The lowest BCUT2D eigenvalue weighted by atomic mass is 10.1. The molecule has 9 nitrogen and oxygen atoms in total. The predicted molar refractivity (Wildman–Crippen MR) is 148 cm³/mol. The van der Waals surface area contributed by atoms with Crippen molar-refractivity contribution in [3.63, 3.8) is 0 Å². The topological polar surface area (TPSA) is 121 Å². The van der Waals surface area contributed by atoms with Crippen LogP contribution in [0.3, 0.4) is 0 Å². The van der Waals surface area contributed by atoms with E-state index < -0.39 is 32.8 Å². The largest absolute Gasteiger partial charge is 0.381 e. The highest BCUT2D eigenvalue weighted by Crippen LogP contribution is 2.26. The Bertz CT molecular complexity index is 1410. The Morgan fingerprint density at radius 1 is 1.03 bits per heavy atom. The molecule has 1 aliphatic rings. The number of sulfonamides is 1. The van der Waals surface area contributed by atoms with Crippen LogP contribution in [0.15, 0.2) is 54.7 Å². The molecule has 0 atom stereocenters. The number of carbonyl (C=O) groups excluding carboxylic acids is 1. The van der Waals surface area contributed by atoms with Gasteiger partial charge in [-0.05, 0) is 55.8 Å². The van der Waals surface area contributed by atoms with Gasteiger partial charge >= 0.3 is 0 Å². The Kier molecular flexibility index (Phi) is 8.66. The summed E-state index contributed by atoms with van der Waals surface area (Å²) in [5, 5.41) is 5.89. The Morgan fingerprint density at radius 2 is 1.67 bits per heavy atom. The molecule has 1 saturated heterocycles. The van der Waals surface area contributed by atoms with Gasteiger partial charge in [-0.25, -0.2) is 22.2 Å². The molecule has 39 heavy (non-hydrogen) atoms. The van der Waals surface area contributed by atoms with E-state index in [1.807, 2.05) is 24.3 Å². The van der Waals surface area contributed by atoms with E-state index in [9.17, 15) is 22.0 Å². The third-order valence-corrected chi connectivity index (χ3v) is 8.73. The highest BCUT2D eigenvalue weighted by molar-refractivity contribution is 7.89. The number of rotatable bonds is 10. The molecule has 4 N–H and O–H groups in total. The van der Waals surface area contributed by atoms with Crippen LogP contribution >= 0.6 is 0 Å². The molecule has 208 valence electrons. The second-order valence-electron chi connectivity index (χ2n) is 9.65. The van der Waals surface area contributed by atoms with Gasteiger partial charge in [0.25, 0.3) is 0 Å². The fourth-order valence-electron chi connectivity index (χ4n) is 4.36. The maximum atomic E-state index is 13.6. The molecule has 2 heterocycles. The molecule has 0 saturated carbocycles. The van der Waals surface area contributed by atoms with Gasteiger partial charge in [-0.15, -0.1) is 0 Å². The minimum Gasteiger partial charge on any atom is -0.381 e. The monoisotopic (exact) mass is 558 g/mol. The average molecular weight is 559 g/mol. The number of nitrogens with two attached hydrogens (primary N) is 1. The van der Waals surface area contributed by atoms with Crippen molar-refractivity contribution in [3.8, 4) is 0 Å². The van der Waals surface area contributed by atoms with E-state index in [1.54, 1.807) is 24.2 Å². The van der Waals surface area contributed by atoms with Crippen molar-refractivity contribution in [1.29, 1.82) is 0 Å². The van der Waals surface area contributed by atoms with Crippen LogP contribution in [0.5, 0.6) is 0 Å². The lowest BCUT2D eigenvalue weighted by Gasteiger charge is -2.36. The molecule has 0 unspecified atom stereocenters. The van der Waals surface area contributed by atoms with Gasteiger partial charge in [0.1, 0.15) is 17.5 Å². The number of nitrogens with zero attached hydrogens (tertiary/aromatic N) is 3. The molecule has 0 spiro atoms. The second-order valence-corrected chi connectivity index (χ2v) is 12.1. The summed E-state index contributed by atoms with van der Waals surface area (Å²) >= 11 is 0. The van der Waals surface area contributed by atoms with Gasteiger partial charge in [-0.1, -0.05) is 0 Å². The molecule has 3 aromatic rings. The number of carbonyl (C=O) groups is 1. The first-order chi connectivity index (χ1) is 18.5. The molecular formula is C27H32F2N6O3S. The summed E-state index contributed by atoms with van der Waals surface area (Å²) in [4.78, 5) is 18.1. The first-order valence-corrected chi connectivity index (χ1v) is 14.1. The fraction of sp³-hybridized carbons (Fsp3) is 0.333. The van der Waals surface area contributed by atoms with Crippen LogP contribution in [0, 0.1) is 11.6 Å². The number of aromatic nitrogens is 1. The summed E-state index contributed by atoms with van der Waals surface area (Å²) in [5.74, 6) is -1.38. The zero-order valence-corrected chi connectivity index (χ0v) is 22.6. The number of hydrogen-bond acceptors (Lipinski definition) is 7. The van der Waals surface area contributed by atoms with Crippen molar-refractivity contribution < 1.29 is 22.0 Å². The normalized spacial score (nSPS) is 14.4. The number of anilines is 4. The number of primary amides is 1. The zero-order valence-electron chi connectivity index (χ0n) is 21.8. The third-order valence-electron chi connectivity index (χ3n) is 6.46. The maximum absolute atomic E-state index is 13.6. The van der Waals surface area contributed by atoms with Crippen molar-refractivity contribution in [2.24, 2.45) is 5.73 Å². The summed E-state index contributed by atoms with van der Waals surface area (Å²) in [6.07, 6.45) is 1.48. The van der Waals surface area contributed by atoms with Crippen LogP contribution in [0.25, 0.3) is 0 Å². The average Bonchev–Trinajstić information content (AvgIpc) is 2.88. The molecular weight excluding hydrogens is 526 g/mol. The molecule has 1 fully saturated rings. The summed E-state index contributed by atoms with van der Waals surface area (Å²) in [7, 11) is -3.26. The molecule has 0 bridgehead atoms. The van der Waals surface area contributed by atoms with Gasteiger partial charge in [-0.2, -0.15) is 4.31 Å². The van der Waals surface area contributed by atoms with Crippen LogP contribution in [0.1, 0.15) is 25.0 Å². The van der Waals surface area contributed by atoms with Crippen LogP contribution in [-0.4, -0.2) is 55.0 Å². The van der Waals surface area contributed by atoms with Crippen molar-refractivity contribution >= 4 is 38.8 Å². The molecule has 1 aromatic heterocycles. The van der Waals surface area contributed by atoms with Gasteiger partial charge < -0.3 is 21.3 Å². The third kappa shape index (κ3) is 7.21. The zero-order chi connectivity index (χ0) is 28.2. The maximum Gasteiger partial charge on any atom is 0.221 e. The van der Waals surface area contributed by atoms with Gasteiger partial charge in [0, 0.05) is 73.7 Å². The van der Waals surface area contributed by atoms with Gasteiger partial charge in [0.15, 0.2) is 0 Å². The van der Waals surface area contributed by atoms with Crippen molar-refractivity contribution in [3.05, 3.63) is 77.5 Å². The van der Waals surface area contributed by atoms with Crippen LogP contribution < -0.4 is 21.3 Å². The Labute approximate surface area is 227 Å². The minimum atomic E-state index is -3.26. The SMILES string of the molecule is CC(C)S(=O)(=O)N1CCN(c2ccc(Nc3cc(NCc4cc(F)cc(F)c4)c(CC(N)=O)cn3)cc2)CC1. The van der Waals surface area contributed by atoms with E-state index in [1.165, 1.54) is 18.3 Å². The Morgan fingerprint density at radius 3 is 2.26 bits per heavy atom. The smallest absolute Gasteiger partial charge is 0.221 e. The highest BCUT2D eigenvalue weighted by atomic mass is 32.2. The Hall–Kier alpha value is -3.77. The summed E-state index contributed by atoms with van der Waals surface area (Å²) < 4.78 is 53.5. The number of pyridine rings is 1. The molecule has 0 aliphatic carbocycles. The number of halogens is 2. The first-order valence-electron chi connectivity index (χ1n) is 12.6. The quantitative estimate of drug-likeness (QED) is 0.348. The van der Waals surface area contributed by atoms with Crippen LogP contribution in [0.2, 0.25) is 0 Å². The van der Waals surface area contributed by atoms with Crippen molar-refractivity contribution in [2.45, 2.75) is 32.1 Å².